The van der Waals surface area contributed by atoms with Crippen LogP contribution in [0.1, 0.15) is 15.9 Å². The Bertz CT molecular complexity index is 1250. The van der Waals surface area contributed by atoms with Crippen molar-refractivity contribution in [1.82, 2.24) is 0 Å². The van der Waals surface area contributed by atoms with Gasteiger partial charge in [-0.3, -0.25) is 4.79 Å². The van der Waals surface area contributed by atoms with Gasteiger partial charge in [-0.25, -0.2) is 4.79 Å². The molecule has 1 heterocycles. The largest absolute Gasteiger partial charge is 0.478 e. The lowest BCUT2D eigenvalue weighted by Crippen LogP contribution is -2.03. The standard InChI is InChI=1S/C21H13ClO4S/c22-13-8-9-14-17(10-13)26-20-12(4-3-6-16(20)19(14)23)11-27-18-7-2-1-5-15(18)21(24)25/h1-10H,11H2,(H,24,25). The Morgan fingerprint density at radius 2 is 1.85 bits per heavy atom. The van der Waals surface area contributed by atoms with Gasteiger partial charge in [-0.15, -0.1) is 11.8 Å². The molecule has 0 aliphatic carbocycles. The Hall–Kier alpha value is -2.76. The number of carboxylic acid groups (broad SMARTS) is 1. The van der Waals surface area contributed by atoms with Crippen LogP contribution in [0.5, 0.6) is 0 Å². The van der Waals surface area contributed by atoms with Crippen molar-refractivity contribution in [3.05, 3.63) is 87.0 Å². The molecule has 0 saturated carbocycles. The first-order chi connectivity index (χ1) is 13.0. The van der Waals surface area contributed by atoms with E-state index < -0.39 is 5.97 Å². The highest BCUT2D eigenvalue weighted by molar-refractivity contribution is 7.98. The summed E-state index contributed by atoms with van der Waals surface area (Å²) in [5.74, 6) is -0.500. The molecule has 0 bridgehead atoms. The molecule has 3 aromatic carbocycles. The van der Waals surface area contributed by atoms with Crippen LogP contribution < -0.4 is 5.43 Å². The number of benzene rings is 3. The van der Waals surface area contributed by atoms with Gasteiger partial charge in [0.05, 0.1) is 16.3 Å². The lowest BCUT2D eigenvalue weighted by molar-refractivity contribution is 0.0693. The minimum Gasteiger partial charge on any atom is -0.478 e. The van der Waals surface area contributed by atoms with Crippen molar-refractivity contribution in [2.75, 3.05) is 0 Å². The number of thioether (sulfide) groups is 1. The number of halogens is 1. The average molecular weight is 397 g/mol. The molecule has 4 aromatic rings. The molecule has 0 amide bonds. The molecule has 134 valence electrons. The summed E-state index contributed by atoms with van der Waals surface area (Å²) in [6.45, 7) is 0. The van der Waals surface area contributed by atoms with Crippen LogP contribution in [0.15, 0.2) is 74.8 Å². The highest BCUT2D eigenvalue weighted by Gasteiger charge is 2.14. The zero-order chi connectivity index (χ0) is 19.0. The zero-order valence-electron chi connectivity index (χ0n) is 13.9. The van der Waals surface area contributed by atoms with Crippen LogP contribution in [0.4, 0.5) is 0 Å². The number of aromatic carboxylic acids is 1. The summed E-state index contributed by atoms with van der Waals surface area (Å²) in [4.78, 5) is 24.8. The third-order valence-electron chi connectivity index (χ3n) is 4.24. The van der Waals surface area contributed by atoms with Crippen LogP contribution in [-0.4, -0.2) is 11.1 Å². The van der Waals surface area contributed by atoms with E-state index in [1.165, 1.54) is 11.8 Å². The van der Waals surface area contributed by atoms with E-state index in [1.807, 2.05) is 6.07 Å². The van der Waals surface area contributed by atoms with E-state index in [1.54, 1.807) is 54.6 Å². The maximum absolute atomic E-state index is 12.8. The second-order valence-electron chi connectivity index (χ2n) is 5.96. The zero-order valence-corrected chi connectivity index (χ0v) is 15.5. The summed E-state index contributed by atoms with van der Waals surface area (Å²) >= 11 is 7.42. The predicted molar refractivity (Wildman–Crippen MR) is 108 cm³/mol. The molecule has 6 heteroatoms. The normalized spacial score (nSPS) is 11.1. The van der Waals surface area contributed by atoms with Gasteiger partial charge in [0.1, 0.15) is 11.2 Å². The van der Waals surface area contributed by atoms with E-state index in [0.717, 1.165) is 5.56 Å². The molecule has 0 radical (unpaired) electrons. The van der Waals surface area contributed by atoms with Gasteiger partial charge >= 0.3 is 5.97 Å². The average Bonchev–Trinajstić information content (AvgIpc) is 2.66. The van der Waals surface area contributed by atoms with Crippen molar-refractivity contribution in [2.24, 2.45) is 0 Å². The summed E-state index contributed by atoms with van der Waals surface area (Å²) in [7, 11) is 0. The minimum atomic E-state index is -0.969. The number of para-hydroxylation sites is 1. The van der Waals surface area contributed by atoms with E-state index in [0.29, 0.717) is 37.6 Å². The van der Waals surface area contributed by atoms with Crippen LogP contribution >= 0.6 is 23.4 Å². The molecule has 1 aromatic heterocycles. The second-order valence-corrected chi connectivity index (χ2v) is 7.41. The van der Waals surface area contributed by atoms with Gasteiger partial charge in [0.25, 0.3) is 0 Å². The molecule has 1 N–H and O–H groups in total. The van der Waals surface area contributed by atoms with Crippen LogP contribution in [-0.2, 0) is 5.75 Å². The fraction of sp³-hybridized carbons (Fsp3) is 0.0476. The van der Waals surface area contributed by atoms with Gasteiger partial charge in [-0.2, -0.15) is 0 Å². The molecule has 4 nitrogen and oxygen atoms in total. The summed E-state index contributed by atoms with van der Waals surface area (Å²) in [6, 6.07) is 17.2. The highest BCUT2D eigenvalue weighted by atomic mass is 35.5. The van der Waals surface area contributed by atoms with Gasteiger partial charge in [0.15, 0.2) is 0 Å². The van der Waals surface area contributed by atoms with Crippen molar-refractivity contribution in [3.63, 3.8) is 0 Å². The lowest BCUT2D eigenvalue weighted by atomic mass is 10.1. The molecule has 27 heavy (non-hydrogen) atoms. The van der Waals surface area contributed by atoms with E-state index >= 15 is 0 Å². The summed E-state index contributed by atoms with van der Waals surface area (Å²) in [6.07, 6.45) is 0. The Morgan fingerprint density at radius 3 is 2.67 bits per heavy atom. The van der Waals surface area contributed by atoms with Crippen molar-refractivity contribution >= 4 is 51.3 Å². The Kier molecular flexibility index (Phi) is 4.64. The number of fused-ring (bicyclic) bond motifs is 2. The van der Waals surface area contributed by atoms with Gasteiger partial charge in [-0.05, 0) is 30.3 Å². The van der Waals surface area contributed by atoms with E-state index in [4.69, 9.17) is 16.0 Å². The molecule has 0 fully saturated rings. The molecule has 0 unspecified atom stereocenters. The summed E-state index contributed by atoms with van der Waals surface area (Å²) in [5, 5.41) is 10.8. The van der Waals surface area contributed by atoms with Crippen molar-refractivity contribution in [2.45, 2.75) is 10.6 Å². The van der Waals surface area contributed by atoms with Crippen LogP contribution in [0, 0.1) is 0 Å². The van der Waals surface area contributed by atoms with Crippen LogP contribution in [0.3, 0.4) is 0 Å². The highest BCUT2D eigenvalue weighted by Crippen LogP contribution is 2.30. The fourth-order valence-corrected chi connectivity index (χ4v) is 4.13. The maximum Gasteiger partial charge on any atom is 0.336 e. The number of rotatable bonds is 4. The van der Waals surface area contributed by atoms with Crippen LogP contribution in [0.25, 0.3) is 21.9 Å². The Labute approximate surface area is 163 Å². The van der Waals surface area contributed by atoms with Crippen molar-refractivity contribution in [1.29, 1.82) is 0 Å². The fourth-order valence-electron chi connectivity index (χ4n) is 2.95. The minimum absolute atomic E-state index is 0.110. The maximum atomic E-state index is 12.8. The van der Waals surface area contributed by atoms with E-state index in [2.05, 4.69) is 0 Å². The first-order valence-electron chi connectivity index (χ1n) is 8.13. The topological polar surface area (TPSA) is 67.5 Å². The molecule has 0 atom stereocenters. The van der Waals surface area contributed by atoms with Gasteiger partial charge in [0.2, 0.25) is 5.43 Å². The third kappa shape index (κ3) is 3.31. The molecule has 0 saturated heterocycles. The number of carbonyl (C=O) groups is 1. The molecular formula is C21H13ClO4S. The van der Waals surface area contributed by atoms with Crippen molar-refractivity contribution in [3.8, 4) is 0 Å². The quantitative estimate of drug-likeness (QED) is 0.359. The van der Waals surface area contributed by atoms with E-state index in [9.17, 15) is 14.7 Å². The van der Waals surface area contributed by atoms with Gasteiger partial charge in [-0.1, -0.05) is 35.9 Å². The smallest absolute Gasteiger partial charge is 0.336 e. The Balaban J connectivity index is 1.80. The summed E-state index contributed by atoms with van der Waals surface area (Å²) in [5.41, 5.74) is 1.89. The molecular weight excluding hydrogens is 384 g/mol. The molecule has 0 spiro atoms. The lowest BCUT2D eigenvalue weighted by Gasteiger charge is -2.09. The third-order valence-corrected chi connectivity index (χ3v) is 5.60. The number of carboxylic acids is 1. The Morgan fingerprint density at radius 1 is 1.04 bits per heavy atom. The molecule has 4 rings (SSSR count). The SMILES string of the molecule is O=C(O)c1ccccc1SCc1cccc2c(=O)c3ccc(Cl)cc3oc12. The monoisotopic (exact) mass is 396 g/mol. The second kappa shape index (κ2) is 7.10. The molecule has 0 aliphatic rings. The predicted octanol–water partition coefficient (Wildman–Crippen LogP) is 5.59. The van der Waals surface area contributed by atoms with Gasteiger partial charge < -0.3 is 9.52 Å². The van der Waals surface area contributed by atoms with E-state index in [-0.39, 0.29) is 11.0 Å². The summed E-state index contributed by atoms with van der Waals surface area (Å²) < 4.78 is 5.99. The first kappa shape index (κ1) is 17.6. The number of hydrogen-bond acceptors (Lipinski definition) is 4. The molecule has 0 aliphatic heterocycles. The first-order valence-corrected chi connectivity index (χ1v) is 9.50. The van der Waals surface area contributed by atoms with Crippen molar-refractivity contribution < 1.29 is 14.3 Å². The van der Waals surface area contributed by atoms with Crippen LogP contribution in [0.2, 0.25) is 5.02 Å². The number of hydrogen-bond donors (Lipinski definition) is 1. The van der Waals surface area contributed by atoms with Gasteiger partial charge in [0, 0.05) is 27.3 Å².